The zero-order valence-corrected chi connectivity index (χ0v) is 8.71. The van der Waals surface area contributed by atoms with Gasteiger partial charge in [0.15, 0.2) is 12.7 Å². The third kappa shape index (κ3) is 6.41. The van der Waals surface area contributed by atoms with E-state index in [-0.39, 0.29) is 13.3 Å². The molecular weight excluding hydrogens is 220 g/mol. The normalized spacial score (nSPS) is 10.8. The highest BCUT2D eigenvalue weighted by Crippen LogP contribution is 1.93. The third-order valence-corrected chi connectivity index (χ3v) is 1.33. The molecule has 0 amide bonds. The van der Waals surface area contributed by atoms with Crippen LogP contribution in [0.5, 0.6) is 0 Å². The molecule has 7 heteroatoms. The lowest BCUT2D eigenvalue weighted by Gasteiger charge is -2.09. The van der Waals surface area contributed by atoms with Crippen LogP contribution in [-0.4, -0.2) is 37.9 Å². The second kappa shape index (κ2) is 8.27. The predicted octanol–water partition coefficient (Wildman–Crippen LogP) is -0.248. The van der Waals surface area contributed by atoms with Gasteiger partial charge in [-0.25, -0.2) is 9.59 Å². The topological polar surface area (TPSA) is 88.1 Å². The summed E-state index contributed by atoms with van der Waals surface area (Å²) < 4.78 is 17.7. The van der Waals surface area contributed by atoms with Gasteiger partial charge in [-0.05, 0) is 6.92 Å². The standard InChI is InChI=1S/C9H12O7/c1-3-13-6-16-8(11)4-14-9(12)7(2)15-5-10/h3,5,7H,1,4,6H2,2H3. The van der Waals surface area contributed by atoms with Crippen molar-refractivity contribution in [1.82, 2.24) is 0 Å². The Kier molecular flexibility index (Phi) is 7.21. The summed E-state index contributed by atoms with van der Waals surface area (Å²) in [6.45, 7) is 3.77. The summed E-state index contributed by atoms with van der Waals surface area (Å²) in [6, 6.07) is 0. The molecule has 0 fully saturated rings. The molecule has 0 aliphatic rings. The second-order valence-electron chi connectivity index (χ2n) is 2.45. The van der Waals surface area contributed by atoms with Crippen molar-refractivity contribution in [3.8, 4) is 0 Å². The summed E-state index contributed by atoms with van der Waals surface area (Å²) in [4.78, 5) is 31.8. The maximum Gasteiger partial charge on any atom is 0.347 e. The van der Waals surface area contributed by atoms with Crippen LogP contribution in [0.2, 0.25) is 0 Å². The van der Waals surface area contributed by atoms with Crippen molar-refractivity contribution < 1.29 is 33.3 Å². The van der Waals surface area contributed by atoms with Crippen LogP contribution in [0.15, 0.2) is 12.8 Å². The second-order valence-corrected chi connectivity index (χ2v) is 2.45. The Morgan fingerprint density at radius 2 is 2.06 bits per heavy atom. The van der Waals surface area contributed by atoms with Crippen molar-refractivity contribution in [2.45, 2.75) is 13.0 Å². The first kappa shape index (κ1) is 13.9. The first-order valence-electron chi connectivity index (χ1n) is 4.25. The Balaban J connectivity index is 3.69. The summed E-state index contributed by atoms with van der Waals surface area (Å²) in [5.41, 5.74) is 0. The lowest BCUT2D eigenvalue weighted by atomic mass is 10.4. The van der Waals surface area contributed by atoms with Crippen LogP contribution in [0.25, 0.3) is 0 Å². The minimum atomic E-state index is -1.06. The van der Waals surface area contributed by atoms with E-state index in [1.54, 1.807) is 0 Å². The molecule has 0 radical (unpaired) electrons. The van der Waals surface area contributed by atoms with Gasteiger partial charge in [-0.3, -0.25) is 4.79 Å². The summed E-state index contributed by atoms with van der Waals surface area (Å²) in [6.07, 6.45) is 0.0361. The molecule has 0 heterocycles. The molecule has 0 spiro atoms. The third-order valence-electron chi connectivity index (χ3n) is 1.33. The van der Waals surface area contributed by atoms with Crippen LogP contribution < -0.4 is 0 Å². The van der Waals surface area contributed by atoms with Gasteiger partial charge < -0.3 is 18.9 Å². The Hall–Kier alpha value is -2.05. The van der Waals surface area contributed by atoms with E-state index in [9.17, 15) is 14.4 Å². The van der Waals surface area contributed by atoms with E-state index in [1.807, 2.05) is 0 Å². The van der Waals surface area contributed by atoms with Gasteiger partial charge >= 0.3 is 11.9 Å². The van der Waals surface area contributed by atoms with Crippen molar-refractivity contribution in [1.29, 1.82) is 0 Å². The number of hydrogen-bond acceptors (Lipinski definition) is 7. The SMILES string of the molecule is C=COCOC(=O)COC(=O)C(C)OC=O. The number of esters is 2. The van der Waals surface area contributed by atoms with Crippen LogP contribution in [0.4, 0.5) is 0 Å². The smallest absolute Gasteiger partial charge is 0.347 e. The largest absolute Gasteiger partial charge is 0.466 e. The first-order chi connectivity index (χ1) is 7.61. The number of hydrogen-bond donors (Lipinski definition) is 0. The molecule has 1 unspecified atom stereocenters. The minimum Gasteiger partial charge on any atom is -0.466 e. The molecule has 0 saturated heterocycles. The molecule has 0 saturated carbocycles. The fourth-order valence-corrected chi connectivity index (χ4v) is 0.576. The van der Waals surface area contributed by atoms with Crippen molar-refractivity contribution in [2.24, 2.45) is 0 Å². The molecule has 1 atom stereocenters. The monoisotopic (exact) mass is 232 g/mol. The van der Waals surface area contributed by atoms with Crippen LogP contribution >= 0.6 is 0 Å². The van der Waals surface area contributed by atoms with Crippen molar-refractivity contribution >= 4 is 18.4 Å². The molecule has 0 aliphatic carbocycles. The van der Waals surface area contributed by atoms with Gasteiger partial charge in [0.05, 0.1) is 6.26 Å². The van der Waals surface area contributed by atoms with E-state index in [0.717, 1.165) is 6.26 Å². The van der Waals surface area contributed by atoms with Gasteiger partial charge in [0.25, 0.3) is 6.47 Å². The van der Waals surface area contributed by atoms with Gasteiger partial charge in [0, 0.05) is 0 Å². The minimum absolute atomic E-state index is 0.113. The number of carbonyl (C=O) groups excluding carboxylic acids is 3. The molecule has 0 aromatic carbocycles. The molecular formula is C9H12O7. The molecule has 16 heavy (non-hydrogen) atoms. The molecule has 0 rings (SSSR count). The Labute approximate surface area is 91.9 Å². The first-order valence-corrected chi connectivity index (χ1v) is 4.25. The number of rotatable bonds is 8. The highest BCUT2D eigenvalue weighted by molar-refractivity contribution is 5.79. The Bertz CT molecular complexity index is 261. The maximum absolute atomic E-state index is 11.0. The summed E-state index contributed by atoms with van der Waals surface area (Å²) in [5.74, 6) is -1.62. The average Bonchev–Trinajstić information content (AvgIpc) is 2.26. The number of carbonyl (C=O) groups is 3. The number of ether oxygens (including phenoxy) is 4. The van der Waals surface area contributed by atoms with Gasteiger partial charge in [0.2, 0.25) is 6.79 Å². The van der Waals surface area contributed by atoms with Crippen LogP contribution in [-0.2, 0) is 33.3 Å². The maximum atomic E-state index is 11.0. The summed E-state index contributed by atoms with van der Waals surface area (Å²) in [7, 11) is 0. The van der Waals surface area contributed by atoms with Crippen LogP contribution in [0, 0.1) is 0 Å². The lowest BCUT2D eigenvalue weighted by molar-refractivity contribution is -0.170. The summed E-state index contributed by atoms with van der Waals surface area (Å²) in [5, 5.41) is 0. The predicted molar refractivity (Wildman–Crippen MR) is 49.8 cm³/mol. The fraction of sp³-hybridized carbons (Fsp3) is 0.444. The van der Waals surface area contributed by atoms with Gasteiger partial charge in [-0.2, -0.15) is 0 Å². The van der Waals surface area contributed by atoms with Gasteiger partial charge in [-0.15, -0.1) is 0 Å². The quantitative estimate of drug-likeness (QED) is 0.142. The van der Waals surface area contributed by atoms with Crippen LogP contribution in [0.1, 0.15) is 6.92 Å². The van der Waals surface area contributed by atoms with Crippen molar-refractivity contribution in [2.75, 3.05) is 13.4 Å². The highest BCUT2D eigenvalue weighted by Gasteiger charge is 2.16. The zero-order valence-electron chi connectivity index (χ0n) is 8.71. The van der Waals surface area contributed by atoms with Gasteiger partial charge in [0.1, 0.15) is 0 Å². The van der Waals surface area contributed by atoms with E-state index < -0.39 is 24.6 Å². The lowest BCUT2D eigenvalue weighted by Crippen LogP contribution is -2.26. The van der Waals surface area contributed by atoms with E-state index in [0.29, 0.717) is 0 Å². The fourth-order valence-electron chi connectivity index (χ4n) is 0.576. The molecule has 0 aromatic heterocycles. The molecule has 0 aliphatic heterocycles. The van der Waals surface area contributed by atoms with E-state index >= 15 is 0 Å². The van der Waals surface area contributed by atoms with E-state index in [1.165, 1.54) is 6.92 Å². The molecule has 0 N–H and O–H groups in total. The van der Waals surface area contributed by atoms with E-state index in [2.05, 4.69) is 25.5 Å². The molecule has 0 aromatic rings. The zero-order chi connectivity index (χ0) is 12.4. The Morgan fingerprint density at radius 3 is 2.62 bits per heavy atom. The molecule has 7 nitrogen and oxygen atoms in total. The Morgan fingerprint density at radius 1 is 1.38 bits per heavy atom. The highest BCUT2D eigenvalue weighted by atomic mass is 16.7. The van der Waals surface area contributed by atoms with Crippen molar-refractivity contribution in [3.63, 3.8) is 0 Å². The van der Waals surface area contributed by atoms with Crippen LogP contribution in [0.3, 0.4) is 0 Å². The van der Waals surface area contributed by atoms with Crippen molar-refractivity contribution in [3.05, 3.63) is 12.8 Å². The summed E-state index contributed by atoms with van der Waals surface area (Å²) >= 11 is 0. The molecule has 0 bridgehead atoms. The van der Waals surface area contributed by atoms with E-state index in [4.69, 9.17) is 0 Å². The van der Waals surface area contributed by atoms with Gasteiger partial charge in [-0.1, -0.05) is 6.58 Å². The molecule has 90 valence electrons. The average molecular weight is 232 g/mol.